The topological polar surface area (TPSA) is 59.6 Å². The lowest BCUT2D eigenvalue weighted by atomic mass is 10.2. The minimum Gasteiger partial charge on any atom is -0.491 e. The first-order valence-corrected chi connectivity index (χ1v) is 7.29. The molecule has 128 valence electrons. The molecule has 5 nitrogen and oxygen atoms in total. The highest BCUT2D eigenvalue weighted by Gasteiger charge is 2.34. The summed E-state index contributed by atoms with van der Waals surface area (Å²) in [4.78, 5) is 11.9. The van der Waals surface area contributed by atoms with Crippen LogP contribution in [0.1, 0.15) is 12.5 Å². The number of alkyl halides is 3. The molecule has 1 aromatic rings. The summed E-state index contributed by atoms with van der Waals surface area (Å²) in [5.74, 6) is -0.561. The van der Waals surface area contributed by atoms with Crippen LogP contribution in [-0.2, 0) is 15.7 Å². The van der Waals surface area contributed by atoms with E-state index in [1.807, 2.05) is 0 Å². The predicted octanol–water partition coefficient (Wildman–Crippen LogP) is 1.58. The predicted molar refractivity (Wildman–Crippen MR) is 77.2 cm³/mol. The molecule has 0 aromatic heterocycles. The number of rotatable bonds is 5. The molecule has 1 fully saturated rings. The summed E-state index contributed by atoms with van der Waals surface area (Å²) in [7, 11) is 0. The van der Waals surface area contributed by atoms with Crippen LogP contribution in [-0.4, -0.2) is 44.4 Å². The molecular formula is C15H19F3N2O3. The quantitative estimate of drug-likeness (QED) is 0.859. The van der Waals surface area contributed by atoms with Crippen LogP contribution in [0.3, 0.4) is 0 Å². The summed E-state index contributed by atoms with van der Waals surface area (Å²) in [6.45, 7) is 3.14. The van der Waals surface area contributed by atoms with Crippen LogP contribution >= 0.6 is 0 Å². The summed E-state index contributed by atoms with van der Waals surface area (Å²) in [6.07, 6.45) is -5.07. The molecule has 2 N–H and O–H groups in total. The third-order valence-corrected chi connectivity index (χ3v) is 3.29. The van der Waals surface area contributed by atoms with Crippen molar-refractivity contribution in [2.24, 2.45) is 0 Å². The second-order valence-corrected chi connectivity index (χ2v) is 5.28. The summed E-state index contributed by atoms with van der Waals surface area (Å²) in [5.41, 5.74) is -0.835. The fourth-order valence-electron chi connectivity index (χ4n) is 2.15. The Morgan fingerprint density at radius 2 is 2.22 bits per heavy atom. The molecule has 2 atom stereocenters. The van der Waals surface area contributed by atoms with Crippen molar-refractivity contribution in [3.8, 4) is 5.75 Å². The molecule has 1 amide bonds. The summed E-state index contributed by atoms with van der Waals surface area (Å²) in [5, 5.41) is 5.70. The Labute approximate surface area is 132 Å². The van der Waals surface area contributed by atoms with Crippen molar-refractivity contribution in [2.75, 3.05) is 26.3 Å². The number of benzene rings is 1. The maximum atomic E-state index is 12.9. The number of morpholine rings is 1. The molecule has 1 aromatic carbocycles. The first-order chi connectivity index (χ1) is 10.9. The Kier molecular flexibility index (Phi) is 5.84. The van der Waals surface area contributed by atoms with E-state index in [2.05, 4.69) is 10.6 Å². The lowest BCUT2D eigenvalue weighted by Gasteiger charge is -2.24. The normalized spacial score (nSPS) is 19.9. The maximum Gasteiger partial charge on any atom is 0.419 e. The Balaban J connectivity index is 1.87. The number of carbonyl (C=O) groups is 1. The molecule has 0 saturated carbocycles. The van der Waals surface area contributed by atoms with Crippen molar-refractivity contribution in [3.63, 3.8) is 0 Å². The van der Waals surface area contributed by atoms with Gasteiger partial charge in [-0.2, -0.15) is 13.2 Å². The Morgan fingerprint density at radius 3 is 2.87 bits per heavy atom. The molecule has 23 heavy (non-hydrogen) atoms. The summed E-state index contributed by atoms with van der Waals surface area (Å²) < 4.78 is 49.1. The summed E-state index contributed by atoms with van der Waals surface area (Å²) in [6, 6.07) is 4.53. The van der Waals surface area contributed by atoms with Gasteiger partial charge < -0.3 is 20.1 Å². The van der Waals surface area contributed by atoms with E-state index < -0.39 is 23.9 Å². The third-order valence-electron chi connectivity index (χ3n) is 3.29. The van der Waals surface area contributed by atoms with Gasteiger partial charge in [0.15, 0.2) is 0 Å². The molecule has 0 spiro atoms. The van der Waals surface area contributed by atoms with Crippen molar-refractivity contribution >= 4 is 5.91 Å². The fraction of sp³-hybridized carbons (Fsp3) is 0.533. The molecule has 8 heteroatoms. The second kappa shape index (κ2) is 7.65. The Morgan fingerprint density at radius 1 is 1.48 bits per heavy atom. The molecule has 1 saturated heterocycles. The van der Waals surface area contributed by atoms with E-state index in [1.165, 1.54) is 18.2 Å². The average molecular weight is 332 g/mol. The highest BCUT2D eigenvalue weighted by atomic mass is 19.4. The molecule has 1 heterocycles. The van der Waals surface area contributed by atoms with Crippen LogP contribution in [0.5, 0.6) is 5.75 Å². The number of halogens is 3. The Bertz CT molecular complexity index is 531. The van der Waals surface area contributed by atoms with E-state index in [4.69, 9.17) is 9.47 Å². The zero-order valence-electron chi connectivity index (χ0n) is 12.7. The van der Waals surface area contributed by atoms with Gasteiger partial charge in [-0.3, -0.25) is 4.79 Å². The number of hydrogen-bond acceptors (Lipinski definition) is 4. The minimum atomic E-state index is -4.48. The van der Waals surface area contributed by atoms with Crippen LogP contribution in [0.15, 0.2) is 24.3 Å². The zero-order valence-corrected chi connectivity index (χ0v) is 12.7. The van der Waals surface area contributed by atoms with Crippen LogP contribution in [0.2, 0.25) is 0 Å². The lowest BCUT2D eigenvalue weighted by Crippen LogP contribution is -2.50. The molecule has 0 radical (unpaired) electrons. The van der Waals surface area contributed by atoms with Crippen molar-refractivity contribution in [2.45, 2.75) is 25.2 Å². The van der Waals surface area contributed by atoms with Crippen LogP contribution in [0, 0.1) is 0 Å². The van der Waals surface area contributed by atoms with Gasteiger partial charge in [0.05, 0.1) is 18.2 Å². The van der Waals surface area contributed by atoms with Gasteiger partial charge in [0.1, 0.15) is 18.5 Å². The molecule has 2 unspecified atom stereocenters. The molecule has 2 rings (SSSR count). The van der Waals surface area contributed by atoms with Gasteiger partial charge in [-0.25, -0.2) is 0 Å². The minimum absolute atomic E-state index is 0.0705. The van der Waals surface area contributed by atoms with Gasteiger partial charge in [-0.05, 0) is 19.1 Å². The van der Waals surface area contributed by atoms with Gasteiger partial charge in [-0.15, -0.1) is 0 Å². The number of para-hydroxylation sites is 1. The van der Waals surface area contributed by atoms with E-state index in [-0.39, 0.29) is 18.3 Å². The standard InChI is InChI=1S/C15H19F3N2O3/c1-10(20-14(21)13-8-19-6-7-22-13)9-23-12-5-3-2-4-11(12)15(16,17)18/h2-5,10,13,19H,6-9H2,1H3,(H,20,21). The number of hydrogen-bond donors (Lipinski definition) is 2. The number of nitrogens with one attached hydrogen (secondary N) is 2. The maximum absolute atomic E-state index is 12.9. The van der Waals surface area contributed by atoms with Gasteiger partial charge in [0.2, 0.25) is 0 Å². The van der Waals surface area contributed by atoms with Gasteiger partial charge in [0.25, 0.3) is 5.91 Å². The first-order valence-electron chi connectivity index (χ1n) is 7.29. The number of ether oxygens (including phenoxy) is 2. The van der Waals surface area contributed by atoms with Crippen molar-refractivity contribution < 1.29 is 27.4 Å². The van der Waals surface area contributed by atoms with Gasteiger partial charge in [-0.1, -0.05) is 12.1 Å². The van der Waals surface area contributed by atoms with Crippen LogP contribution in [0.25, 0.3) is 0 Å². The second-order valence-electron chi connectivity index (χ2n) is 5.28. The highest BCUT2D eigenvalue weighted by molar-refractivity contribution is 5.81. The summed E-state index contributed by atoms with van der Waals surface area (Å²) >= 11 is 0. The SMILES string of the molecule is CC(COc1ccccc1C(F)(F)F)NC(=O)C1CNCCO1. The largest absolute Gasteiger partial charge is 0.491 e. The zero-order chi connectivity index (χ0) is 16.9. The smallest absolute Gasteiger partial charge is 0.419 e. The van der Waals surface area contributed by atoms with Gasteiger partial charge in [0, 0.05) is 13.1 Å². The van der Waals surface area contributed by atoms with Crippen molar-refractivity contribution in [1.29, 1.82) is 0 Å². The molecule has 0 bridgehead atoms. The number of carbonyl (C=O) groups excluding carboxylic acids is 1. The Hall–Kier alpha value is -1.80. The monoisotopic (exact) mass is 332 g/mol. The van der Waals surface area contributed by atoms with E-state index >= 15 is 0 Å². The average Bonchev–Trinajstić information content (AvgIpc) is 2.53. The van der Waals surface area contributed by atoms with Crippen LogP contribution < -0.4 is 15.4 Å². The van der Waals surface area contributed by atoms with Crippen molar-refractivity contribution in [1.82, 2.24) is 10.6 Å². The van der Waals surface area contributed by atoms with E-state index in [1.54, 1.807) is 6.92 Å². The van der Waals surface area contributed by atoms with Crippen LogP contribution in [0.4, 0.5) is 13.2 Å². The lowest BCUT2D eigenvalue weighted by molar-refractivity contribution is -0.139. The number of amides is 1. The van der Waals surface area contributed by atoms with Gasteiger partial charge >= 0.3 is 6.18 Å². The molecule has 0 aliphatic carbocycles. The molecule has 1 aliphatic heterocycles. The third kappa shape index (κ3) is 5.11. The fourth-order valence-corrected chi connectivity index (χ4v) is 2.15. The first kappa shape index (κ1) is 17.6. The van der Waals surface area contributed by atoms with E-state index in [0.29, 0.717) is 19.7 Å². The molecular weight excluding hydrogens is 313 g/mol. The highest BCUT2D eigenvalue weighted by Crippen LogP contribution is 2.35. The molecule has 1 aliphatic rings. The van der Waals surface area contributed by atoms with E-state index in [9.17, 15) is 18.0 Å². The van der Waals surface area contributed by atoms with Crippen molar-refractivity contribution in [3.05, 3.63) is 29.8 Å². The van der Waals surface area contributed by atoms with E-state index in [0.717, 1.165) is 6.07 Å².